The van der Waals surface area contributed by atoms with Crippen LogP contribution < -0.4 is 5.32 Å². The number of carboxylic acid groups (broad SMARTS) is 1. The Balaban J connectivity index is 2.20. The molecule has 1 heterocycles. The molecule has 2 rings (SSSR count). The summed E-state index contributed by atoms with van der Waals surface area (Å²) in [5.41, 5.74) is 0.742. The maximum Gasteiger partial charge on any atom is 0.405 e. The van der Waals surface area contributed by atoms with Gasteiger partial charge in [0.2, 0.25) is 5.91 Å². The number of hydrogen-bond acceptors (Lipinski definition) is 2. The summed E-state index contributed by atoms with van der Waals surface area (Å²) in [6, 6.07) is 5.97. The number of carbonyl (C=O) groups excluding carboxylic acids is 1. The average molecular weight is 391 g/mol. The van der Waals surface area contributed by atoms with Crippen molar-refractivity contribution in [3.05, 3.63) is 34.3 Å². The SMILES string of the molecule is C[C@@H](c1ccc(Br)cc1)[C@H](NC(=O)O)C(=O)N1CCC(F)(F)C1. The van der Waals surface area contributed by atoms with Gasteiger partial charge in [0.15, 0.2) is 0 Å². The van der Waals surface area contributed by atoms with Gasteiger partial charge in [0.1, 0.15) is 6.04 Å². The number of rotatable bonds is 4. The minimum Gasteiger partial charge on any atom is -0.465 e. The van der Waals surface area contributed by atoms with Crippen molar-refractivity contribution in [2.45, 2.75) is 31.2 Å². The summed E-state index contributed by atoms with van der Waals surface area (Å²) >= 11 is 3.30. The van der Waals surface area contributed by atoms with E-state index in [0.29, 0.717) is 0 Å². The molecule has 1 fully saturated rings. The Hall–Kier alpha value is -1.70. The Morgan fingerprint density at radius 3 is 2.43 bits per heavy atom. The van der Waals surface area contributed by atoms with Crippen molar-refractivity contribution in [3.63, 3.8) is 0 Å². The third-order valence-corrected chi connectivity index (χ3v) is 4.45. The second-order valence-electron chi connectivity index (χ2n) is 5.63. The van der Waals surface area contributed by atoms with Crippen LogP contribution in [0.3, 0.4) is 0 Å². The van der Waals surface area contributed by atoms with Crippen molar-refractivity contribution < 1.29 is 23.5 Å². The van der Waals surface area contributed by atoms with E-state index in [2.05, 4.69) is 21.2 Å². The number of nitrogens with zero attached hydrogens (tertiary/aromatic N) is 1. The molecular formula is C15H17BrF2N2O3. The average Bonchev–Trinajstić information content (AvgIpc) is 2.84. The lowest BCUT2D eigenvalue weighted by Crippen LogP contribution is -2.50. The van der Waals surface area contributed by atoms with Gasteiger partial charge in [-0.15, -0.1) is 0 Å². The molecule has 5 nitrogen and oxygen atoms in total. The molecule has 126 valence electrons. The first kappa shape index (κ1) is 17.7. The van der Waals surface area contributed by atoms with Crippen LogP contribution in [0.25, 0.3) is 0 Å². The summed E-state index contributed by atoms with van der Waals surface area (Å²) in [4.78, 5) is 24.5. The zero-order valence-corrected chi connectivity index (χ0v) is 14.0. The Kier molecular flexibility index (Phi) is 5.23. The molecule has 0 radical (unpaired) electrons. The number of amides is 2. The van der Waals surface area contributed by atoms with Crippen LogP contribution in [0.2, 0.25) is 0 Å². The highest BCUT2D eigenvalue weighted by molar-refractivity contribution is 9.10. The summed E-state index contributed by atoms with van der Waals surface area (Å²) in [6.07, 6.45) is -1.76. The van der Waals surface area contributed by atoms with Crippen molar-refractivity contribution in [1.29, 1.82) is 0 Å². The van der Waals surface area contributed by atoms with Gasteiger partial charge in [0.25, 0.3) is 5.92 Å². The van der Waals surface area contributed by atoms with Gasteiger partial charge < -0.3 is 15.3 Å². The molecule has 2 N–H and O–H groups in total. The zero-order valence-electron chi connectivity index (χ0n) is 12.4. The lowest BCUT2D eigenvalue weighted by Gasteiger charge is -2.28. The molecule has 1 saturated heterocycles. The minimum atomic E-state index is -2.91. The fourth-order valence-corrected chi connectivity index (χ4v) is 2.88. The fraction of sp³-hybridized carbons (Fsp3) is 0.467. The van der Waals surface area contributed by atoms with Crippen molar-refractivity contribution in [1.82, 2.24) is 10.2 Å². The molecule has 0 bridgehead atoms. The van der Waals surface area contributed by atoms with Gasteiger partial charge in [-0.05, 0) is 17.7 Å². The lowest BCUT2D eigenvalue weighted by molar-refractivity contribution is -0.134. The van der Waals surface area contributed by atoms with E-state index in [1.807, 2.05) is 0 Å². The molecule has 8 heteroatoms. The summed E-state index contributed by atoms with van der Waals surface area (Å²) < 4.78 is 27.5. The standard InChI is InChI=1S/C15H17BrF2N2O3/c1-9(10-2-4-11(16)5-3-10)12(19-14(22)23)13(21)20-7-6-15(17,18)8-20/h2-5,9,12,19H,6-8H2,1H3,(H,22,23)/t9-,12-/m0/s1. The number of nitrogens with one attached hydrogen (secondary N) is 1. The van der Waals surface area contributed by atoms with Crippen LogP contribution in [0.5, 0.6) is 0 Å². The molecule has 0 aromatic heterocycles. The van der Waals surface area contributed by atoms with E-state index in [1.165, 1.54) is 0 Å². The van der Waals surface area contributed by atoms with Gasteiger partial charge in [-0.3, -0.25) is 4.79 Å². The van der Waals surface area contributed by atoms with Gasteiger partial charge in [-0.25, -0.2) is 13.6 Å². The normalized spacial score (nSPS) is 19.2. The summed E-state index contributed by atoms with van der Waals surface area (Å²) in [7, 11) is 0. The molecule has 0 saturated carbocycles. The van der Waals surface area contributed by atoms with Crippen molar-refractivity contribution in [2.24, 2.45) is 0 Å². The Morgan fingerprint density at radius 2 is 1.96 bits per heavy atom. The maximum absolute atomic E-state index is 13.3. The van der Waals surface area contributed by atoms with Gasteiger partial charge in [-0.2, -0.15) is 0 Å². The fourth-order valence-electron chi connectivity index (χ4n) is 2.61. The molecule has 0 unspecified atom stereocenters. The third-order valence-electron chi connectivity index (χ3n) is 3.92. The number of alkyl halides is 2. The number of hydrogen-bond donors (Lipinski definition) is 2. The highest BCUT2D eigenvalue weighted by atomic mass is 79.9. The summed E-state index contributed by atoms with van der Waals surface area (Å²) in [5, 5.41) is 11.1. The third kappa shape index (κ3) is 4.40. The largest absolute Gasteiger partial charge is 0.465 e. The summed E-state index contributed by atoms with van der Waals surface area (Å²) in [6.45, 7) is 0.948. The van der Waals surface area contributed by atoms with Crippen molar-refractivity contribution in [2.75, 3.05) is 13.1 Å². The van der Waals surface area contributed by atoms with Crippen molar-refractivity contribution in [3.8, 4) is 0 Å². The maximum atomic E-state index is 13.3. The topological polar surface area (TPSA) is 69.6 Å². The predicted molar refractivity (Wildman–Crippen MR) is 83.6 cm³/mol. The van der Waals surface area contributed by atoms with E-state index in [0.717, 1.165) is 14.9 Å². The van der Waals surface area contributed by atoms with Gasteiger partial charge in [0, 0.05) is 23.4 Å². The number of halogens is 3. The van der Waals surface area contributed by atoms with Crippen LogP contribution in [-0.4, -0.2) is 47.1 Å². The van der Waals surface area contributed by atoms with E-state index in [4.69, 9.17) is 5.11 Å². The molecule has 1 aromatic rings. The van der Waals surface area contributed by atoms with E-state index in [-0.39, 0.29) is 6.54 Å². The highest BCUT2D eigenvalue weighted by Gasteiger charge is 2.43. The van der Waals surface area contributed by atoms with Crippen LogP contribution in [0.15, 0.2) is 28.7 Å². The Labute approximate surface area is 140 Å². The first-order chi connectivity index (χ1) is 10.7. The first-order valence-corrected chi connectivity index (χ1v) is 7.90. The van der Waals surface area contributed by atoms with Crippen LogP contribution in [-0.2, 0) is 4.79 Å². The molecule has 2 amide bonds. The molecular weight excluding hydrogens is 374 g/mol. The van der Waals surface area contributed by atoms with E-state index < -0.39 is 42.8 Å². The molecule has 1 aromatic carbocycles. The second kappa shape index (κ2) is 6.82. The van der Waals surface area contributed by atoms with Crippen molar-refractivity contribution >= 4 is 27.9 Å². The highest BCUT2D eigenvalue weighted by Crippen LogP contribution is 2.29. The van der Waals surface area contributed by atoms with Gasteiger partial charge >= 0.3 is 6.09 Å². The second-order valence-corrected chi connectivity index (χ2v) is 6.55. The monoisotopic (exact) mass is 390 g/mol. The lowest BCUT2D eigenvalue weighted by atomic mass is 9.92. The number of likely N-dealkylation sites (tertiary alicyclic amines) is 1. The van der Waals surface area contributed by atoms with E-state index >= 15 is 0 Å². The summed E-state index contributed by atoms with van der Waals surface area (Å²) in [5.74, 6) is -4.02. The van der Waals surface area contributed by atoms with Crippen LogP contribution in [0.1, 0.15) is 24.8 Å². The van der Waals surface area contributed by atoms with E-state index in [1.54, 1.807) is 31.2 Å². The number of benzene rings is 1. The molecule has 0 spiro atoms. The molecule has 0 aliphatic carbocycles. The van der Waals surface area contributed by atoms with Crippen LogP contribution >= 0.6 is 15.9 Å². The molecule has 23 heavy (non-hydrogen) atoms. The van der Waals surface area contributed by atoms with Gasteiger partial charge in [-0.1, -0.05) is 35.0 Å². The Morgan fingerprint density at radius 1 is 1.35 bits per heavy atom. The molecule has 1 aliphatic heterocycles. The smallest absolute Gasteiger partial charge is 0.405 e. The minimum absolute atomic E-state index is 0.0727. The Bertz CT molecular complexity index is 595. The quantitative estimate of drug-likeness (QED) is 0.829. The van der Waals surface area contributed by atoms with Gasteiger partial charge in [0.05, 0.1) is 6.54 Å². The van der Waals surface area contributed by atoms with Crippen LogP contribution in [0, 0.1) is 0 Å². The molecule has 2 atom stereocenters. The van der Waals surface area contributed by atoms with E-state index in [9.17, 15) is 18.4 Å². The van der Waals surface area contributed by atoms with Crippen LogP contribution in [0.4, 0.5) is 13.6 Å². The predicted octanol–water partition coefficient (Wildman–Crippen LogP) is 3.06. The zero-order chi connectivity index (χ0) is 17.2. The number of carbonyl (C=O) groups is 2. The first-order valence-electron chi connectivity index (χ1n) is 7.11. The molecule has 1 aliphatic rings.